The van der Waals surface area contributed by atoms with E-state index in [9.17, 15) is 4.79 Å². The molecule has 1 aromatic carbocycles. The van der Waals surface area contributed by atoms with Crippen LogP contribution in [-0.4, -0.2) is 18.2 Å². The van der Waals surface area contributed by atoms with E-state index >= 15 is 0 Å². The van der Waals surface area contributed by atoms with Gasteiger partial charge in [0.2, 0.25) is 0 Å². The Morgan fingerprint density at radius 1 is 1.17 bits per heavy atom. The second-order valence-electron chi connectivity index (χ2n) is 7.10. The smallest absolute Gasteiger partial charge is 0.333 e. The fourth-order valence-electron chi connectivity index (χ4n) is 3.55. The standard InChI is InChI=1S/C20H26O3/c1-13-4-6-16(7-5-13)17-8-10-18(11-9-17)22-15(3)19-12-14(2)20(21)23-19/h8-11,13,15-16,19H,2,4-7,12H2,1,3H3. The summed E-state index contributed by atoms with van der Waals surface area (Å²) in [6.45, 7) is 8.00. The highest BCUT2D eigenvalue weighted by Crippen LogP contribution is 2.36. The zero-order valence-corrected chi connectivity index (χ0v) is 14.1. The van der Waals surface area contributed by atoms with Crippen LogP contribution in [-0.2, 0) is 9.53 Å². The molecule has 1 saturated carbocycles. The van der Waals surface area contributed by atoms with Crippen molar-refractivity contribution in [2.45, 2.75) is 64.1 Å². The van der Waals surface area contributed by atoms with Gasteiger partial charge in [-0.1, -0.05) is 38.5 Å². The molecule has 1 aliphatic heterocycles. The number of esters is 1. The molecule has 2 aliphatic rings. The number of hydrogen-bond donors (Lipinski definition) is 0. The number of benzene rings is 1. The Bertz CT molecular complexity index is 551. The van der Waals surface area contributed by atoms with Crippen LogP contribution < -0.4 is 4.74 Å². The van der Waals surface area contributed by atoms with Gasteiger partial charge in [-0.2, -0.15) is 0 Å². The van der Waals surface area contributed by atoms with Crippen molar-refractivity contribution in [2.75, 3.05) is 0 Å². The average Bonchev–Trinajstić information content (AvgIpc) is 2.88. The van der Waals surface area contributed by atoms with Gasteiger partial charge in [-0.3, -0.25) is 0 Å². The maximum Gasteiger partial charge on any atom is 0.333 e. The van der Waals surface area contributed by atoms with Crippen molar-refractivity contribution < 1.29 is 14.3 Å². The first-order chi connectivity index (χ1) is 11.0. The topological polar surface area (TPSA) is 35.5 Å². The van der Waals surface area contributed by atoms with Crippen LogP contribution in [0.25, 0.3) is 0 Å². The molecule has 1 aliphatic carbocycles. The van der Waals surface area contributed by atoms with Crippen LogP contribution in [0.15, 0.2) is 36.4 Å². The SMILES string of the molecule is C=C1CC(C(C)Oc2ccc(C3CCC(C)CC3)cc2)OC1=O. The van der Waals surface area contributed by atoms with Crippen molar-refractivity contribution in [1.82, 2.24) is 0 Å². The van der Waals surface area contributed by atoms with Crippen LogP contribution in [0.3, 0.4) is 0 Å². The minimum atomic E-state index is -0.299. The van der Waals surface area contributed by atoms with E-state index in [1.54, 1.807) is 0 Å². The normalized spacial score (nSPS) is 29.2. The first kappa shape index (κ1) is 16.1. The quantitative estimate of drug-likeness (QED) is 0.601. The van der Waals surface area contributed by atoms with E-state index in [0.717, 1.165) is 11.7 Å². The van der Waals surface area contributed by atoms with E-state index in [4.69, 9.17) is 9.47 Å². The van der Waals surface area contributed by atoms with Gasteiger partial charge in [-0.25, -0.2) is 4.79 Å². The third-order valence-electron chi connectivity index (χ3n) is 5.21. The summed E-state index contributed by atoms with van der Waals surface area (Å²) in [7, 11) is 0. The molecule has 0 aromatic heterocycles. The fourth-order valence-corrected chi connectivity index (χ4v) is 3.55. The summed E-state index contributed by atoms with van der Waals surface area (Å²) >= 11 is 0. The van der Waals surface area contributed by atoms with Crippen LogP contribution in [0.4, 0.5) is 0 Å². The second kappa shape index (κ2) is 6.77. The highest BCUT2D eigenvalue weighted by Gasteiger charge is 2.32. The van der Waals surface area contributed by atoms with Crippen molar-refractivity contribution in [2.24, 2.45) is 5.92 Å². The minimum Gasteiger partial charge on any atom is -0.487 e. The predicted octanol–water partition coefficient (Wildman–Crippen LogP) is 4.62. The Morgan fingerprint density at radius 3 is 2.39 bits per heavy atom. The Balaban J connectivity index is 1.57. The zero-order valence-electron chi connectivity index (χ0n) is 14.1. The molecule has 3 nitrogen and oxygen atoms in total. The summed E-state index contributed by atoms with van der Waals surface area (Å²) in [6.07, 6.45) is 5.40. The number of hydrogen-bond acceptors (Lipinski definition) is 3. The summed E-state index contributed by atoms with van der Waals surface area (Å²) in [5, 5.41) is 0. The van der Waals surface area contributed by atoms with Gasteiger partial charge in [0.05, 0.1) is 0 Å². The third-order valence-corrected chi connectivity index (χ3v) is 5.21. The van der Waals surface area contributed by atoms with Crippen molar-refractivity contribution in [1.29, 1.82) is 0 Å². The summed E-state index contributed by atoms with van der Waals surface area (Å²) in [5.41, 5.74) is 1.95. The molecule has 1 heterocycles. The second-order valence-corrected chi connectivity index (χ2v) is 7.10. The monoisotopic (exact) mass is 314 g/mol. The van der Waals surface area contributed by atoms with Gasteiger partial charge in [-0.05, 0) is 49.3 Å². The first-order valence-corrected chi connectivity index (χ1v) is 8.68. The van der Waals surface area contributed by atoms with Crippen LogP contribution in [0.1, 0.15) is 57.4 Å². The summed E-state index contributed by atoms with van der Waals surface area (Å²) in [6, 6.07) is 8.44. The average molecular weight is 314 g/mol. The van der Waals surface area contributed by atoms with Gasteiger partial charge in [0.1, 0.15) is 18.0 Å². The third kappa shape index (κ3) is 3.77. The van der Waals surface area contributed by atoms with Gasteiger partial charge in [-0.15, -0.1) is 0 Å². The highest BCUT2D eigenvalue weighted by atomic mass is 16.6. The Hall–Kier alpha value is -1.77. The Morgan fingerprint density at radius 2 is 1.83 bits per heavy atom. The zero-order chi connectivity index (χ0) is 16.4. The number of carbonyl (C=O) groups is 1. The summed E-state index contributed by atoms with van der Waals surface area (Å²) in [4.78, 5) is 11.4. The van der Waals surface area contributed by atoms with Gasteiger partial charge < -0.3 is 9.47 Å². The lowest BCUT2D eigenvalue weighted by molar-refractivity contribution is -0.141. The molecule has 3 rings (SSSR count). The van der Waals surface area contributed by atoms with Gasteiger partial charge in [0.25, 0.3) is 0 Å². The molecule has 3 heteroatoms. The molecule has 0 bridgehead atoms. The molecule has 124 valence electrons. The number of cyclic esters (lactones) is 1. The molecule has 1 saturated heterocycles. The van der Waals surface area contributed by atoms with E-state index in [1.165, 1.54) is 31.2 Å². The van der Waals surface area contributed by atoms with Gasteiger partial charge >= 0.3 is 5.97 Å². The van der Waals surface area contributed by atoms with Crippen molar-refractivity contribution in [3.05, 3.63) is 42.0 Å². The van der Waals surface area contributed by atoms with Gasteiger partial charge in [0.15, 0.2) is 0 Å². The van der Waals surface area contributed by atoms with Crippen LogP contribution in [0, 0.1) is 5.92 Å². The number of ether oxygens (including phenoxy) is 2. The molecular weight excluding hydrogens is 288 g/mol. The molecular formula is C20H26O3. The lowest BCUT2D eigenvalue weighted by atomic mass is 9.79. The predicted molar refractivity (Wildman–Crippen MR) is 90.5 cm³/mol. The molecule has 0 spiro atoms. The molecule has 2 atom stereocenters. The van der Waals surface area contributed by atoms with E-state index < -0.39 is 0 Å². The lowest BCUT2D eigenvalue weighted by Crippen LogP contribution is -2.28. The molecule has 2 unspecified atom stereocenters. The van der Waals surface area contributed by atoms with Crippen LogP contribution in [0.2, 0.25) is 0 Å². The number of carbonyl (C=O) groups excluding carboxylic acids is 1. The molecule has 2 fully saturated rings. The molecule has 1 aromatic rings. The molecule has 0 radical (unpaired) electrons. The van der Waals surface area contributed by atoms with Crippen molar-refractivity contribution >= 4 is 5.97 Å². The highest BCUT2D eigenvalue weighted by molar-refractivity contribution is 5.89. The minimum absolute atomic E-state index is 0.167. The maximum atomic E-state index is 11.4. The van der Waals surface area contributed by atoms with E-state index in [2.05, 4.69) is 25.6 Å². The first-order valence-electron chi connectivity index (χ1n) is 8.68. The van der Waals surface area contributed by atoms with Crippen molar-refractivity contribution in [3.8, 4) is 5.75 Å². The summed E-state index contributed by atoms with van der Waals surface area (Å²) in [5.74, 6) is 2.10. The van der Waals surface area contributed by atoms with Crippen LogP contribution in [0.5, 0.6) is 5.75 Å². The molecule has 0 N–H and O–H groups in total. The largest absolute Gasteiger partial charge is 0.487 e. The molecule has 23 heavy (non-hydrogen) atoms. The Kier molecular flexibility index (Phi) is 4.74. The van der Waals surface area contributed by atoms with Gasteiger partial charge in [0, 0.05) is 12.0 Å². The lowest BCUT2D eigenvalue weighted by Gasteiger charge is -2.26. The molecule has 0 amide bonds. The van der Waals surface area contributed by atoms with Crippen molar-refractivity contribution in [3.63, 3.8) is 0 Å². The number of rotatable bonds is 4. The van der Waals surface area contributed by atoms with E-state index in [0.29, 0.717) is 17.9 Å². The Labute approximate surface area is 138 Å². The van der Waals surface area contributed by atoms with Crippen LogP contribution >= 0.6 is 0 Å². The fraction of sp³-hybridized carbons (Fsp3) is 0.550. The van der Waals surface area contributed by atoms with E-state index in [-0.39, 0.29) is 18.2 Å². The summed E-state index contributed by atoms with van der Waals surface area (Å²) < 4.78 is 11.2. The maximum absolute atomic E-state index is 11.4. The van der Waals surface area contributed by atoms with E-state index in [1.807, 2.05) is 19.1 Å².